The summed E-state index contributed by atoms with van der Waals surface area (Å²) in [6.07, 6.45) is -0.566. The predicted molar refractivity (Wildman–Crippen MR) is 221 cm³/mol. The summed E-state index contributed by atoms with van der Waals surface area (Å²) in [5, 5.41) is 58.1. The van der Waals surface area contributed by atoms with Gasteiger partial charge in [0.25, 0.3) is 0 Å². The minimum atomic E-state index is -1.68. The van der Waals surface area contributed by atoms with Crippen molar-refractivity contribution in [1.29, 1.82) is 0 Å². The molecule has 0 unspecified atom stereocenters. The Morgan fingerprint density at radius 2 is 0.922 bits per heavy atom. The molecule has 0 spiro atoms. The number of rotatable bonds is 30. The highest BCUT2D eigenvalue weighted by Crippen LogP contribution is 2.07. The first-order chi connectivity index (χ1) is 29.9. The van der Waals surface area contributed by atoms with E-state index in [0.717, 1.165) is 0 Å². The van der Waals surface area contributed by atoms with Gasteiger partial charge in [-0.05, 0) is 24.7 Å². The van der Waals surface area contributed by atoms with Gasteiger partial charge in [0.15, 0.2) is 5.96 Å². The largest absolute Gasteiger partial charge is 0.480 e. The first-order valence-corrected chi connectivity index (χ1v) is 19.7. The fraction of sp³-hybridized carbons (Fsp3) is 0.657. The lowest BCUT2D eigenvalue weighted by Gasteiger charge is -2.27. The molecule has 0 aromatic heterocycles. The zero-order valence-electron chi connectivity index (χ0n) is 35.8. The van der Waals surface area contributed by atoms with Gasteiger partial charge in [0.05, 0.1) is 51.9 Å². The molecule has 362 valence electrons. The lowest BCUT2D eigenvalue weighted by Crippen LogP contribution is -2.60. The third-order valence-electron chi connectivity index (χ3n) is 8.59. The predicted octanol–water partition coefficient (Wildman–Crippen LogP) is -10.1. The number of carboxylic acid groups (broad SMARTS) is 1. The lowest BCUT2D eigenvalue weighted by atomic mass is 10.0. The SMILES string of the molecule is CC(C)[C@H](NC(=O)CNC(=O)[C@H](CO)NC(=O)CNC(=O)[C@H](CO)NC(=O)CNC(=O)[C@H](CCCN=C(N)N)NC(=O)[C@@H](NC(=O)[C@H](CO)NC(=O)[C@@H](N)CC(N)=O)C(C)C)C(=O)O. The van der Waals surface area contributed by atoms with Crippen LogP contribution in [-0.4, -0.2) is 180 Å². The number of nitrogens with one attached hydrogen (secondary N) is 9. The number of carbonyl (C=O) groups is 11. The van der Waals surface area contributed by atoms with Crippen molar-refractivity contribution in [2.75, 3.05) is 46.0 Å². The van der Waals surface area contributed by atoms with Gasteiger partial charge in [0, 0.05) is 6.54 Å². The number of aliphatic imine (C=N–C) groups is 1. The molecule has 0 aromatic carbocycles. The second kappa shape index (κ2) is 29.6. The number of carbonyl (C=O) groups excluding carboxylic acids is 10. The van der Waals surface area contributed by atoms with E-state index in [1.807, 2.05) is 0 Å². The summed E-state index contributed by atoms with van der Waals surface area (Å²) >= 11 is 0. The number of aliphatic carboxylic acids is 1. The highest BCUT2D eigenvalue weighted by molar-refractivity contribution is 5.97. The minimum absolute atomic E-state index is 0.00949. The standard InChI is InChI=1S/C35H62N14O15/c1-15(2)26(49-32(61)21(14-52)47-28(57)17(36)8-22(37)53)33(62)46-18(6-5-7-40-35(38)39)29(58)41-9-23(54)44-19(12-50)30(59)42-10-24(55)45-20(13-51)31(60)43-11-25(56)48-27(16(3)4)34(63)64/h15-21,26-27,50-52H,5-14,36H2,1-4H3,(H2,37,53)(H,41,58)(H,42,59)(H,43,60)(H,44,54)(H,45,55)(H,46,62)(H,47,57)(H,48,56)(H,49,61)(H,63,64)(H4,38,39,40)/t17-,18-,19-,20-,21-,26-,27-/m0/s1. The van der Waals surface area contributed by atoms with Gasteiger partial charge >= 0.3 is 5.97 Å². The molecule has 0 aliphatic rings. The third-order valence-corrected chi connectivity index (χ3v) is 8.59. The van der Waals surface area contributed by atoms with Crippen LogP contribution in [0.5, 0.6) is 0 Å². The smallest absolute Gasteiger partial charge is 0.326 e. The van der Waals surface area contributed by atoms with E-state index < -0.39 is 165 Å². The summed E-state index contributed by atoms with van der Waals surface area (Å²) in [5.41, 5.74) is 21.3. The lowest BCUT2D eigenvalue weighted by molar-refractivity contribution is -0.143. The van der Waals surface area contributed by atoms with Crippen LogP contribution in [0.4, 0.5) is 0 Å². The average molecular weight is 919 g/mol. The van der Waals surface area contributed by atoms with E-state index in [1.165, 1.54) is 13.8 Å². The molecule has 64 heavy (non-hydrogen) atoms. The Kier molecular flexibility index (Phi) is 26.5. The van der Waals surface area contributed by atoms with E-state index in [2.05, 4.69) is 52.8 Å². The van der Waals surface area contributed by atoms with Crippen LogP contribution in [-0.2, 0) is 52.7 Å². The molecular formula is C35H62N14O15. The zero-order valence-corrected chi connectivity index (χ0v) is 35.8. The zero-order chi connectivity index (χ0) is 49.3. The maximum Gasteiger partial charge on any atom is 0.326 e. The molecule has 0 saturated carbocycles. The number of guanidine groups is 1. The first kappa shape index (κ1) is 57.3. The van der Waals surface area contributed by atoms with Crippen LogP contribution in [0.2, 0.25) is 0 Å². The number of hydrogen-bond donors (Lipinski definition) is 17. The molecule has 21 N–H and O–H groups in total. The van der Waals surface area contributed by atoms with Crippen LogP contribution >= 0.6 is 0 Å². The van der Waals surface area contributed by atoms with Crippen molar-refractivity contribution in [2.45, 2.75) is 89.3 Å². The van der Waals surface area contributed by atoms with Crippen LogP contribution in [0, 0.1) is 11.8 Å². The molecule has 0 saturated heterocycles. The molecular weight excluding hydrogens is 856 g/mol. The molecule has 0 aliphatic heterocycles. The Morgan fingerprint density at radius 3 is 1.31 bits per heavy atom. The number of nitrogens with zero attached hydrogens (tertiary/aromatic N) is 1. The molecule has 29 heteroatoms. The van der Waals surface area contributed by atoms with E-state index >= 15 is 0 Å². The molecule has 10 amide bonds. The van der Waals surface area contributed by atoms with Crippen LogP contribution in [0.1, 0.15) is 47.0 Å². The number of nitrogens with two attached hydrogens (primary N) is 4. The second-order valence-electron chi connectivity index (χ2n) is 14.6. The van der Waals surface area contributed by atoms with E-state index in [-0.39, 0.29) is 25.3 Å². The van der Waals surface area contributed by atoms with Crippen molar-refractivity contribution in [3.63, 3.8) is 0 Å². The van der Waals surface area contributed by atoms with Crippen LogP contribution in [0.25, 0.3) is 0 Å². The Bertz CT molecular complexity index is 1690. The molecule has 0 rings (SSSR count). The van der Waals surface area contributed by atoms with Crippen LogP contribution in [0.3, 0.4) is 0 Å². The van der Waals surface area contributed by atoms with Gasteiger partial charge in [0.1, 0.15) is 36.3 Å². The molecule has 0 bridgehead atoms. The van der Waals surface area contributed by atoms with Crippen molar-refractivity contribution >= 4 is 71.0 Å². The van der Waals surface area contributed by atoms with Crippen molar-refractivity contribution < 1.29 is 73.2 Å². The summed E-state index contributed by atoms with van der Waals surface area (Å²) in [7, 11) is 0. The quantitative estimate of drug-likeness (QED) is 0.0181. The van der Waals surface area contributed by atoms with Crippen molar-refractivity contribution in [3.05, 3.63) is 0 Å². The maximum atomic E-state index is 13.4. The normalized spacial score (nSPS) is 14.1. The first-order valence-electron chi connectivity index (χ1n) is 19.7. The van der Waals surface area contributed by atoms with Crippen molar-refractivity contribution in [2.24, 2.45) is 39.8 Å². The van der Waals surface area contributed by atoms with E-state index in [1.54, 1.807) is 13.8 Å². The summed E-state index contributed by atoms with van der Waals surface area (Å²) in [5.74, 6) is -12.5. The topological polar surface area (TPSA) is 493 Å². The molecule has 7 atom stereocenters. The number of aliphatic hydroxyl groups excluding tert-OH is 3. The van der Waals surface area contributed by atoms with Gasteiger partial charge < -0.3 is 91.2 Å². The van der Waals surface area contributed by atoms with Gasteiger partial charge in [0.2, 0.25) is 59.1 Å². The van der Waals surface area contributed by atoms with E-state index in [9.17, 15) is 73.2 Å². The second-order valence-corrected chi connectivity index (χ2v) is 14.6. The maximum absolute atomic E-state index is 13.4. The monoisotopic (exact) mass is 918 g/mol. The Balaban J connectivity index is 5.51. The molecule has 0 heterocycles. The number of amides is 10. The molecule has 0 aromatic rings. The Labute approximate surface area is 366 Å². The number of carboxylic acids is 1. The summed E-state index contributed by atoms with van der Waals surface area (Å²) < 4.78 is 0. The van der Waals surface area contributed by atoms with Crippen molar-refractivity contribution in [3.8, 4) is 0 Å². The summed E-state index contributed by atoms with van der Waals surface area (Å²) in [6.45, 7) is 0.942. The van der Waals surface area contributed by atoms with Gasteiger partial charge in [-0.25, -0.2) is 4.79 Å². The Hall–Kier alpha value is -6.72. The van der Waals surface area contributed by atoms with Gasteiger partial charge in [-0.1, -0.05) is 27.7 Å². The highest BCUT2D eigenvalue weighted by Gasteiger charge is 2.33. The van der Waals surface area contributed by atoms with Gasteiger partial charge in [-0.2, -0.15) is 0 Å². The molecule has 0 fully saturated rings. The van der Waals surface area contributed by atoms with Gasteiger partial charge in [-0.15, -0.1) is 0 Å². The van der Waals surface area contributed by atoms with Crippen LogP contribution in [0.15, 0.2) is 4.99 Å². The summed E-state index contributed by atoms with van der Waals surface area (Å²) in [4.78, 5) is 141. The summed E-state index contributed by atoms with van der Waals surface area (Å²) in [6, 6.07) is -10.3. The Morgan fingerprint density at radius 1 is 0.516 bits per heavy atom. The molecule has 0 aliphatic carbocycles. The fourth-order valence-electron chi connectivity index (χ4n) is 5.09. The van der Waals surface area contributed by atoms with Crippen molar-refractivity contribution in [1.82, 2.24) is 47.9 Å². The molecule has 29 nitrogen and oxygen atoms in total. The number of aliphatic hydroxyl groups is 3. The number of hydrogen-bond acceptors (Lipinski definition) is 16. The third kappa shape index (κ3) is 22.4. The highest BCUT2D eigenvalue weighted by atomic mass is 16.4. The van der Waals surface area contributed by atoms with E-state index in [0.29, 0.717) is 0 Å². The average Bonchev–Trinajstić information content (AvgIpc) is 3.21. The minimum Gasteiger partial charge on any atom is -0.480 e. The van der Waals surface area contributed by atoms with Crippen LogP contribution < -0.4 is 70.8 Å². The van der Waals surface area contributed by atoms with Gasteiger partial charge in [-0.3, -0.25) is 52.9 Å². The number of primary amides is 1. The van der Waals surface area contributed by atoms with E-state index in [4.69, 9.17) is 22.9 Å². The fourth-order valence-corrected chi connectivity index (χ4v) is 5.09. The molecule has 0 radical (unpaired) electrons.